The molecule has 0 aromatic carbocycles. The van der Waals surface area contributed by atoms with E-state index in [4.69, 9.17) is 5.73 Å². The van der Waals surface area contributed by atoms with Crippen LogP contribution < -0.4 is 5.73 Å². The molecule has 1 rings (SSSR count). The molecule has 0 atom stereocenters. The van der Waals surface area contributed by atoms with Gasteiger partial charge in [0.05, 0.1) is 0 Å². The Hall–Kier alpha value is -0.440. The Balaban J connectivity index is 2.30. The number of thioether (sulfide) groups is 1. The van der Waals surface area contributed by atoms with E-state index in [9.17, 15) is 0 Å². The Morgan fingerprint density at radius 2 is 2.30 bits per heavy atom. The van der Waals surface area contributed by atoms with Crippen LogP contribution in [0.1, 0.15) is 12.8 Å². The van der Waals surface area contributed by atoms with Crippen LogP contribution in [0.3, 0.4) is 0 Å². The fourth-order valence-corrected chi connectivity index (χ4v) is 1.43. The van der Waals surface area contributed by atoms with Crippen LogP contribution in [0.25, 0.3) is 0 Å². The van der Waals surface area contributed by atoms with Gasteiger partial charge in [0.25, 0.3) is 0 Å². The van der Waals surface area contributed by atoms with Gasteiger partial charge in [0, 0.05) is 7.05 Å². The minimum absolute atomic E-state index is 0.622. The van der Waals surface area contributed by atoms with Gasteiger partial charge in [-0.25, -0.2) is 0 Å². The number of hydrogen-bond acceptors (Lipinski definition) is 2. The summed E-state index contributed by atoms with van der Waals surface area (Å²) < 4.78 is 0. The Bertz CT molecular complexity index is 170. The van der Waals surface area contributed by atoms with Crippen LogP contribution in [-0.4, -0.2) is 12.2 Å². The quantitative estimate of drug-likeness (QED) is 0.487. The maximum atomic E-state index is 5.49. The van der Waals surface area contributed by atoms with Crippen molar-refractivity contribution < 1.29 is 0 Å². The number of nitrogens with two attached hydrogens (primary N) is 1. The van der Waals surface area contributed by atoms with Crippen molar-refractivity contribution >= 4 is 16.9 Å². The molecule has 1 saturated carbocycles. The molecule has 0 amide bonds. The van der Waals surface area contributed by atoms with E-state index >= 15 is 0 Å². The standard InChI is InChI=1S/C7H12N2S/c1-5(6-3-4-6)10-7(8)9-2/h6H,1,3-4H2,2H3,(H2,8,9). The molecule has 0 heterocycles. The highest BCUT2D eigenvalue weighted by molar-refractivity contribution is 8.17. The van der Waals surface area contributed by atoms with Crippen molar-refractivity contribution in [2.45, 2.75) is 12.8 Å². The maximum Gasteiger partial charge on any atom is 0.158 e. The van der Waals surface area contributed by atoms with Gasteiger partial charge in [-0.15, -0.1) is 0 Å². The molecule has 0 radical (unpaired) electrons. The second-order valence-corrected chi connectivity index (χ2v) is 3.55. The van der Waals surface area contributed by atoms with Gasteiger partial charge in [0.1, 0.15) is 0 Å². The smallest absolute Gasteiger partial charge is 0.158 e. The Morgan fingerprint density at radius 1 is 1.70 bits per heavy atom. The van der Waals surface area contributed by atoms with Gasteiger partial charge in [-0.2, -0.15) is 0 Å². The first kappa shape index (κ1) is 7.66. The molecule has 0 aromatic rings. The third-order valence-corrected chi connectivity index (χ3v) is 2.48. The summed E-state index contributed by atoms with van der Waals surface area (Å²) in [6.07, 6.45) is 2.56. The number of amidine groups is 1. The van der Waals surface area contributed by atoms with Crippen LogP contribution in [-0.2, 0) is 0 Å². The zero-order valence-corrected chi connectivity index (χ0v) is 6.95. The van der Waals surface area contributed by atoms with E-state index in [2.05, 4.69) is 11.6 Å². The highest BCUT2D eigenvalue weighted by atomic mass is 32.2. The molecule has 2 N–H and O–H groups in total. The van der Waals surface area contributed by atoms with Crippen LogP contribution in [0.4, 0.5) is 0 Å². The summed E-state index contributed by atoms with van der Waals surface area (Å²) in [5, 5.41) is 0.622. The monoisotopic (exact) mass is 156 g/mol. The topological polar surface area (TPSA) is 38.4 Å². The molecule has 10 heavy (non-hydrogen) atoms. The number of hydrogen-bond donors (Lipinski definition) is 1. The van der Waals surface area contributed by atoms with Crippen molar-refractivity contribution in [2.75, 3.05) is 7.05 Å². The maximum absolute atomic E-state index is 5.49. The number of allylic oxidation sites excluding steroid dienone is 1. The number of rotatable bonds is 2. The first-order chi connectivity index (χ1) is 4.74. The average molecular weight is 156 g/mol. The zero-order valence-electron chi connectivity index (χ0n) is 6.13. The first-order valence-electron chi connectivity index (χ1n) is 3.33. The van der Waals surface area contributed by atoms with Crippen molar-refractivity contribution in [3.05, 3.63) is 11.5 Å². The average Bonchev–Trinajstić information content (AvgIpc) is 2.68. The molecular formula is C7H12N2S. The summed E-state index contributed by atoms with van der Waals surface area (Å²) in [6.45, 7) is 3.91. The summed E-state index contributed by atoms with van der Waals surface area (Å²) >= 11 is 1.50. The minimum Gasteiger partial charge on any atom is -0.378 e. The van der Waals surface area contributed by atoms with Crippen LogP contribution in [0.15, 0.2) is 16.5 Å². The molecule has 56 valence electrons. The normalized spacial score (nSPS) is 19.1. The number of nitrogens with zero attached hydrogens (tertiary/aromatic N) is 1. The third-order valence-electron chi connectivity index (χ3n) is 1.49. The minimum atomic E-state index is 0.622. The van der Waals surface area contributed by atoms with Crippen molar-refractivity contribution in [1.82, 2.24) is 0 Å². The zero-order chi connectivity index (χ0) is 7.56. The predicted octanol–water partition coefficient (Wildman–Crippen LogP) is 1.59. The van der Waals surface area contributed by atoms with Gasteiger partial charge in [0.15, 0.2) is 5.17 Å². The molecule has 0 saturated heterocycles. The van der Waals surface area contributed by atoms with Gasteiger partial charge in [0.2, 0.25) is 0 Å². The fraction of sp³-hybridized carbons (Fsp3) is 0.571. The summed E-state index contributed by atoms with van der Waals surface area (Å²) in [5.41, 5.74) is 5.49. The summed E-state index contributed by atoms with van der Waals surface area (Å²) in [5.74, 6) is 0.713. The summed E-state index contributed by atoms with van der Waals surface area (Å²) in [7, 11) is 1.70. The molecule has 1 aliphatic rings. The summed E-state index contributed by atoms with van der Waals surface area (Å²) in [6, 6.07) is 0. The van der Waals surface area contributed by atoms with Gasteiger partial charge in [-0.3, -0.25) is 4.99 Å². The van der Waals surface area contributed by atoms with E-state index in [1.165, 1.54) is 29.5 Å². The van der Waals surface area contributed by atoms with Gasteiger partial charge in [-0.05, 0) is 23.7 Å². The van der Waals surface area contributed by atoms with E-state index in [-0.39, 0.29) is 0 Å². The van der Waals surface area contributed by atoms with Crippen molar-refractivity contribution in [1.29, 1.82) is 0 Å². The van der Waals surface area contributed by atoms with Gasteiger partial charge >= 0.3 is 0 Å². The third kappa shape index (κ3) is 2.06. The Morgan fingerprint density at radius 3 is 2.70 bits per heavy atom. The second-order valence-electron chi connectivity index (χ2n) is 2.40. The van der Waals surface area contributed by atoms with Gasteiger partial charge in [-0.1, -0.05) is 18.3 Å². The molecule has 1 fully saturated rings. The predicted molar refractivity (Wildman–Crippen MR) is 47.0 cm³/mol. The van der Waals surface area contributed by atoms with E-state index in [1.807, 2.05) is 0 Å². The SMILES string of the molecule is C=C(S/C(N)=N\C)C1CC1. The lowest BCUT2D eigenvalue weighted by molar-refractivity contribution is 1.11. The lowest BCUT2D eigenvalue weighted by Gasteiger charge is -1.99. The molecule has 0 spiro atoms. The Labute approximate surface area is 65.6 Å². The second kappa shape index (κ2) is 3.10. The van der Waals surface area contributed by atoms with E-state index < -0.39 is 0 Å². The lowest BCUT2D eigenvalue weighted by atomic mass is 10.4. The van der Waals surface area contributed by atoms with E-state index in [1.54, 1.807) is 7.05 Å². The van der Waals surface area contributed by atoms with Gasteiger partial charge < -0.3 is 5.73 Å². The number of aliphatic imine (C=N–C) groups is 1. The molecule has 0 unspecified atom stereocenters. The molecule has 3 heteroatoms. The highest BCUT2D eigenvalue weighted by Gasteiger charge is 2.25. The molecule has 1 aliphatic carbocycles. The highest BCUT2D eigenvalue weighted by Crippen LogP contribution is 2.40. The molecular weight excluding hydrogens is 144 g/mol. The van der Waals surface area contributed by atoms with E-state index in [0.717, 1.165) is 0 Å². The van der Waals surface area contributed by atoms with Crippen molar-refractivity contribution in [3.63, 3.8) is 0 Å². The fourth-order valence-electron chi connectivity index (χ4n) is 0.669. The Kier molecular flexibility index (Phi) is 2.38. The largest absolute Gasteiger partial charge is 0.378 e. The molecule has 2 nitrogen and oxygen atoms in total. The summed E-state index contributed by atoms with van der Waals surface area (Å²) in [4.78, 5) is 5.00. The molecule has 0 bridgehead atoms. The lowest BCUT2D eigenvalue weighted by Crippen LogP contribution is -2.06. The van der Waals surface area contributed by atoms with Crippen LogP contribution in [0, 0.1) is 5.92 Å². The first-order valence-corrected chi connectivity index (χ1v) is 4.14. The van der Waals surface area contributed by atoms with Crippen LogP contribution >= 0.6 is 11.8 Å². The molecule has 0 aliphatic heterocycles. The van der Waals surface area contributed by atoms with Crippen LogP contribution in [0.5, 0.6) is 0 Å². The van der Waals surface area contributed by atoms with E-state index in [0.29, 0.717) is 11.1 Å². The van der Waals surface area contributed by atoms with Crippen molar-refractivity contribution in [3.8, 4) is 0 Å². The van der Waals surface area contributed by atoms with Crippen LogP contribution in [0.2, 0.25) is 0 Å². The van der Waals surface area contributed by atoms with Crippen molar-refractivity contribution in [2.24, 2.45) is 16.6 Å². The molecule has 0 aromatic heterocycles.